The molecule has 26 heavy (non-hydrogen) atoms. The van der Waals surface area contributed by atoms with Gasteiger partial charge >= 0.3 is 0 Å². The van der Waals surface area contributed by atoms with Gasteiger partial charge in [0.25, 0.3) is 5.91 Å². The lowest BCUT2D eigenvalue weighted by Gasteiger charge is -1.97. The first-order chi connectivity index (χ1) is 12.7. The first-order valence-corrected chi connectivity index (χ1v) is 9.07. The number of nitrogens with zero attached hydrogens (tertiary/aromatic N) is 1. The van der Waals surface area contributed by atoms with Gasteiger partial charge in [0.15, 0.2) is 5.17 Å². The predicted octanol–water partition coefficient (Wildman–Crippen LogP) is 5.49. The summed E-state index contributed by atoms with van der Waals surface area (Å²) in [6, 6.07) is 20.6. The first-order valence-electron chi connectivity index (χ1n) is 7.88. The molecule has 0 spiro atoms. The minimum Gasteiger partial charge on any atom is -0.457 e. The van der Waals surface area contributed by atoms with E-state index in [1.165, 1.54) is 11.8 Å². The molecule has 1 fully saturated rings. The third-order valence-corrected chi connectivity index (χ3v) is 4.79. The van der Waals surface area contributed by atoms with Crippen LogP contribution in [-0.4, -0.2) is 11.1 Å². The molecule has 1 N–H and O–H groups in total. The van der Waals surface area contributed by atoms with Gasteiger partial charge in [0, 0.05) is 16.7 Å². The van der Waals surface area contributed by atoms with Crippen molar-refractivity contribution in [1.29, 1.82) is 0 Å². The molecule has 3 aromatic rings. The molecular formula is C20H13ClN2O2S. The van der Waals surface area contributed by atoms with Crippen LogP contribution in [0.4, 0.5) is 5.69 Å². The molecule has 0 radical (unpaired) electrons. The van der Waals surface area contributed by atoms with Crippen LogP contribution in [0.15, 0.2) is 81.0 Å². The molecule has 2 heterocycles. The molecule has 4 rings (SSSR count). The second kappa shape index (κ2) is 7.23. The maximum absolute atomic E-state index is 12.2. The second-order valence-electron chi connectivity index (χ2n) is 5.53. The minimum atomic E-state index is -0.189. The van der Waals surface area contributed by atoms with Crippen molar-refractivity contribution in [2.24, 2.45) is 4.99 Å². The highest BCUT2D eigenvalue weighted by Gasteiger charge is 2.24. The Balaban J connectivity index is 1.55. The Bertz CT molecular complexity index is 1030. The largest absolute Gasteiger partial charge is 0.457 e. The van der Waals surface area contributed by atoms with Crippen molar-refractivity contribution in [1.82, 2.24) is 5.32 Å². The number of amides is 1. The van der Waals surface area contributed by atoms with Crippen molar-refractivity contribution in [3.8, 4) is 11.3 Å². The number of amidine groups is 1. The van der Waals surface area contributed by atoms with Gasteiger partial charge in [-0.1, -0.05) is 41.9 Å². The number of halogens is 1. The van der Waals surface area contributed by atoms with Crippen molar-refractivity contribution >= 4 is 46.2 Å². The molecule has 1 aromatic heterocycles. The highest BCUT2D eigenvalue weighted by molar-refractivity contribution is 8.18. The van der Waals surface area contributed by atoms with Crippen molar-refractivity contribution in [2.45, 2.75) is 0 Å². The molecule has 128 valence electrons. The number of carbonyl (C=O) groups is 1. The van der Waals surface area contributed by atoms with Crippen LogP contribution in [-0.2, 0) is 4.79 Å². The molecule has 1 amide bonds. The van der Waals surface area contributed by atoms with Crippen molar-refractivity contribution in [3.05, 3.63) is 82.4 Å². The summed E-state index contributed by atoms with van der Waals surface area (Å²) in [5.41, 5.74) is 1.68. The Morgan fingerprint density at radius 3 is 2.69 bits per heavy atom. The van der Waals surface area contributed by atoms with E-state index < -0.39 is 0 Å². The number of hydrogen-bond donors (Lipinski definition) is 1. The summed E-state index contributed by atoms with van der Waals surface area (Å²) in [5, 5.41) is 3.96. The van der Waals surface area contributed by atoms with E-state index >= 15 is 0 Å². The first kappa shape index (κ1) is 16.7. The third kappa shape index (κ3) is 3.74. The molecule has 6 heteroatoms. The van der Waals surface area contributed by atoms with Gasteiger partial charge < -0.3 is 9.73 Å². The Morgan fingerprint density at radius 2 is 1.88 bits per heavy atom. The van der Waals surface area contributed by atoms with Crippen LogP contribution < -0.4 is 5.32 Å². The molecule has 0 atom stereocenters. The van der Waals surface area contributed by atoms with E-state index in [4.69, 9.17) is 16.0 Å². The fourth-order valence-electron chi connectivity index (χ4n) is 2.46. The highest BCUT2D eigenvalue weighted by atomic mass is 35.5. The van der Waals surface area contributed by atoms with Gasteiger partial charge in [-0.3, -0.25) is 4.79 Å². The smallest absolute Gasteiger partial charge is 0.264 e. The Kier molecular flexibility index (Phi) is 4.65. The number of hydrogen-bond acceptors (Lipinski definition) is 4. The number of nitrogens with one attached hydrogen (secondary N) is 1. The maximum Gasteiger partial charge on any atom is 0.264 e. The number of thioether (sulfide) groups is 1. The van der Waals surface area contributed by atoms with Crippen LogP contribution in [0.25, 0.3) is 17.4 Å². The number of aliphatic imine (C=N–C) groups is 1. The van der Waals surface area contributed by atoms with E-state index in [0.717, 1.165) is 11.3 Å². The van der Waals surface area contributed by atoms with Gasteiger partial charge in [0.05, 0.1) is 10.6 Å². The zero-order valence-corrected chi connectivity index (χ0v) is 15.1. The van der Waals surface area contributed by atoms with Gasteiger partial charge in [0.2, 0.25) is 0 Å². The van der Waals surface area contributed by atoms with Crippen LogP contribution >= 0.6 is 23.4 Å². The summed E-state index contributed by atoms with van der Waals surface area (Å²) in [4.78, 5) is 17.1. The zero-order chi connectivity index (χ0) is 17.9. The summed E-state index contributed by atoms with van der Waals surface area (Å²) in [6.45, 7) is 0. The lowest BCUT2D eigenvalue weighted by atomic mass is 10.2. The minimum absolute atomic E-state index is 0.189. The number of rotatable bonds is 3. The van der Waals surface area contributed by atoms with E-state index in [1.54, 1.807) is 6.08 Å². The summed E-state index contributed by atoms with van der Waals surface area (Å²) < 4.78 is 5.82. The monoisotopic (exact) mass is 380 g/mol. The van der Waals surface area contributed by atoms with Crippen LogP contribution in [0, 0.1) is 0 Å². The maximum atomic E-state index is 12.2. The summed E-state index contributed by atoms with van der Waals surface area (Å²) >= 11 is 7.30. The fourth-order valence-corrected chi connectivity index (χ4v) is 3.47. The highest BCUT2D eigenvalue weighted by Crippen LogP contribution is 2.30. The number of carbonyl (C=O) groups excluding carboxylic acids is 1. The second-order valence-corrected chi connectivity index (χ2v) is 7.00. The normalized spacial score (nSPS) is 17.0. The Morgan fingerprint density at radius 1 is 1.04 bits per heavy atom. The number of benzene rings is 2. The van der Waals surface area contributed by atoms with Crippen LogP contribution in [0.2, 0.25) is 5.02 Å². The molecule has 1 saturated heterocycles. The summed E-state index contributed by atoms with van der Waals surface area (Å²) in [6.07, 6.45) is 1.71. The van der Waals surface area contributed by atoms with E-state index in [1.807, 2.05) is 66.7 Å². The zero-order valence-electron chi connectivity index (χ0n) is 13.5. The molecule has 4 nitrogen and oxygen atoms in total. The van der Waals surface area contributed by atoms with Gasteiger partial charge in [-0.05, 0) is 48.2 Å². The fraction of sp³-hybridized carbons (Fsp3) is 0. The lowest BCUT2D eigenvalue weighted by Crippen LogP contribution is -2.19. The molecule has 0 unspecified atom stereocenters. The molecular weight excluding hydrogens is 368 g/mol. The molecule has 2 aromatic carbocycles. The topological polar surface area (TPSA) is 54.6 Å². The van der Waals surface area contributed by atoms with Gasteiger partial charge in [-0.15, -0.1) is 0 Å². The molecule has 0 bridgehead atoms. The van der Waals surface area contributed by atoms with E-state index in [0.29, 0.717) is 26.6 Å². The molecule has 0 aliphatic carbocycles. The van der Waals surface area contributed by atoms with E-state index in [2.05, 4.69) is 10.3 Å². The Hall–Kier alpha value is -2.76. The molecule has 1 aliphatic rings. The molecule has 1 aliphatic heterocycles. The van der Waals surface area contributed by atoms with Crippen molar-refractivity contribution in [3.63, 3.8) is 0 Å². The SMILES string of the molecule is O=C1NC(=Nc2ccccc2)S/C1=C/c1ccc(-c2cccc(Cl)c2)o1. The van der Waals surface area contributed by atoms with Gasteiger partial charge in [0.1, 0.15) is 11.5 Å². The molecule has 0 saturated carbocycles. The van der Waals surface area contributed by atoms with Gasteiger partial charge in [-0.25, -0.2) is 4.99 Å². The average Bonchev–Trinajstić information content (AvgIpc) is 3.23. The predicted molar refractivity (Wildman–Crippen MR) is 106 cm³/mol. The summed E-state index contributed by atoms with van der Waals surface area (Å²) in [7, 11) is 0. The average molecular weight is 381 g/mol. The van der Waals surface area contributed by atoms with E-state index in [9.17, 15) is 4.79 Å². The van der Waals surface area contributed by atoms with Crippen molar-refractivity contribution < 1.29 is 9.21 Å². The van der Waals surface area contributed by atoms with Crippen LogP contribution in [0.1, 0.15) is 5.76 Å². The standard InChI is InChI=1S/C20H13ClN2O2S/c21-14-6-4-5-13(11-14)17-10-9-16(25-17)12-18-19(24)23-20(26-18)22-15-7-2-1-3-8-15/h1-12H,(H,22,23,24)/b18-12+. The lowest BCUT2D eigenvalue weighted by molar-refractivity contribution is -0.115. The third-order valence-electron chi connectivity index (χ3n) is 3.65. The van der Waals surface area contributed by atoms with E-state index in [-0.39, 0.29) is 5.91 Å². The van der Waals surface area contributed by atoms with Crippen LogP contribution in [0.5, 0.6) is 0 Å². The van der Waals surface area contributed by atoms with Crippen LogP contribution in [0.3, 0.4) is 0 Å². The Labute approximate surface area is 159 Å². The van der Waals surface area contributed by atoms with Crippen molar-refractivity contribution in [2.75, 3.05) is 0 Å². The number of furan rings is 1. The number of para-hydroxylation sites is 1. The quantitative estimate of drug-likeness (QED) is 0.611. The summed E-state index contributed by atoms with van der Waals surface area (Å²) in [5.74, 6) is 1.10. The van der Waals surface area contributed by atoms with Gasteiger partial charge in [-0.2, -0.15) is 0 Å².